The van der Waals surface area contributed by atoms with Crippen LogP contribution in [0.15, 0.2) is 16.8 Å². The molecule has 1 aliphatic heterocycles. The molecule has 0 bridgehead atoms. The van der Waals surface area contributed by atoms with Crippen molar-refractivity contribution in [1.29, 1.82) is 0 Å². The molecule has 1 saturated heterocycles. The third-order valence-corrected chi connectivity index (χ3v) is 6.24. The minimum atomic E-state index is -0.722. The van der Waals surface area contributed by atoms with E-state index in [1.54, 1.807) is 11.4 Å². The highest BCUT2D eigenvalue weighted by Gasteiger charge is 2.38. The highest BCUT2D eigenvalue weighted by Crippen LogP contribution is 2.31. The Balaban J connectivity index is 2.16. The molecule has 1 aromatic rings. The Morgan fingerprint density at radius 1 is 1.37 bits per heavy atom. The molecule has 7 heteroatoms. The Morgan fingerprint density at radius 3 is 2.63 bits per heavy atom. The van der Waals surface area contributed by atoms with Gasteiger partial charge in [-0.25, -0.2) is 0 Å². The van der Waals surface area contributed by atoms with E-state index in [9.17, 15) is 14.4 Å². The minimum absolute atomic E-state index is 0.0207. The Kier molecular flexibility index (Phi) is 7.17. The fraction of sp³-hybridized carbons (Fsp3) is 0.650. The molecule has 150 valence electrons. The predicted octanol–water partition coefficient (Wildman–Crippen LogP) is 2.78. The molecular formula is C20H30N2O4S. The van der Waals surface area contributed by atoms with Crippen molar-refractivity contribution in [3.8, 4) is 0 Å². The molecule has 0 saturated carbocycles. The molecule has 2 heterocycles. The molecule has 3 unspecified atom stereocenters. The second-order valence-electron chi connectivity index (χ2n) is 8.10. The van der Waals surface area contributed by atoms with E-state index >= 15 is 0 Å². The lowest BCUT2D eigenvalue weighted by atomic mass is 9.76. The number of thiophene rings is 1. The molecule has 0 aliphatic carbocycles. The van der Waals surface area contributed by atoms with Gasteiger partial charge in [-0.15, -0.1) is 0 Å². The summed E-state index contributed by atoms with van der Waals surface area (Å²) in [6.45, 7) is 10.3. The van der Waals surface area contributed by atoms with Crippen LogP contribution in [0.1, 0.15) is 57.8 Å². The van der Waals surface area contributed by atoms with Gasteiger partial charge in [0.25, 0.3) is 5.91 Å². The Hall–Kier alpha value is -1.73. The van der Waals surface area contributed by atoms with Gasteiger partial charge in [0.1, 0.15) is 18.7 Å². The lowest BCUT2D eigenvalue weighted by Gasteiger charge is -2.33. The number of amides is 2. The number of rotatable bonds is 8. The summed E-state index contributed by atoms with van der Waals surface area (Å²) in [6.07, 6.45) is 0.804. The number of carbonyl (C=O) groups is 3. The molecule has 0 radical (unpaired) electrons. The molecule has 0 aromatic carbocycles. The van der Waals surface area contributed by atoms with Crippen LogP contribution in [0.4, 0.5) is 0 Å². The van der Waals surface area contributed by atoms with E-state index in [1.807, 2.05) is 12.3 Å². The molecule has 2 rings (SSSR count). The standard InChI is InChI=1S/C20H30N2O4S/c1-6-16-17(15(23)10-26-16)22-19(25)14(9-20(4,5)12(2)3)21-18(24)13-7-8-27-11-13/h7-8,11-12,14,16-17H,6,9-10H2,1-5H3,(H,21,24)(H,22,25). The number of Topliss-reactive ketones (excluding diaryl/α,β-unsaturated/α-hetero) is 1. The van der Waals surface area contributed by atoms with Crippen molar-refractivity contribution < 1.29 is 19.1 Å². The van der Waals surface area contributed by atoms with E-state index in [4.69, 9.17) is 4.74 Å². The van der Waals surface area contributed by atoms with Gasteiger partial charge in [-0.2, -0.15) is 11.3 Å². The Labute approximate surface area is 165 Å². The molecule has 27 heavy (non-hydrogen) atoms. The first-order chi connectivity index (χ1) is 12.7. The monoisotopic (exact) mass is 394 g/mol. The second-order valence-corrected chi connectivity index (χ2v) is 8.88. The van der Waals surface area contributed by atoms with Gasteiger partial charge >= 0.3 is 0 Å². The quantitative estimate of drug-likeness (QED) is 0.710. The summed E-state index contributed by atoms with van der Waals surface area (Å²) in [5.74, 6) is -0.418. The molecule has 1 fully saturated rings. The van der Waals surface area contributed by atoms with Crippen molar-refractivity contribution in [3.63, 3.8) is 0 Å². The largest absolute Gasteiger partial charge is 0.368 e. The van der Waals surface area contributed by atoms with E-state index in [0.29, 0.717) is 24.3 Å². The smallest absolute Gasteiger partial charge is 0.252 e. The molecule has 2 amide bonds. The van der Waals surface area contributed by atoms with Crippen molar-refractivity contribution >= 4 is 28.9 Å². The van der Waals surface area contributed by atoms with Crippen LogP contribution in [0.3, 0.4) is 0 Å². The van der Waals surface area contributed by atoms with Crippen molar-refractivity contribution in [3.05, 3.63) is 22.4 Å². The summed E-state index contributed by atoms with van der Waals surface area (Å²) in [7, 11) is 0. The van der Waals surface area contributed by atoms with Crippen LogP contribution in [0.5, 0.6) is 0 Å². The average Bonchev–Trinajstić information content (AvgIpc) is 3.24. The maximum absolute atomic E-state index is 13.0. The third-order valence-electron chi connectivity index (χ3n) is 5.56. The van der Waals surface area contributed by atoms with E-state index in [1.165, 1.54) is 11.3 Å². The van der Waals surface area contributed by atoms with Crippen molar-refractivity contribution in [2.45, 2.75) is 65.6 Å². The number of carbonyl (C=O) groups excluding carboxylic acids is 3. The number of nitrogens with one attached hydrogen (secondary N) is 2. The van der Waals surface area contributed by atoms with Crippen molar-refractivity contribution in [1.82, 2.24) is 10.6 Å². The van der Waals surface area contributed by atoms with E-state index < -0.39 is 12.1 Å². The van der Waals surface area contributed by atoms with Gasteiger partial charge in [0, 0.05) is 5.38 Å². The fourth-order valence-corrected chi connectivity index (χ4v) is 3.61. The van der Waals surface area contributed by atoms with Crippen LogP contribution in [-0.2, 0) is 14.3 Å². The van der Waals surface area contributed by atoms with Crippen LogP contribution < -0.4 is 10.6 Å². The summed E-state index contributed by atoms with van der Waals surface area (Å²) >= 11 is 1.43. The van der Waals surface area contributed by atoms with E-state index in [0.717, 1.165) is 0 Å². The molecule has 1 aliphatic rings. The topological polar surface area (TPSA) is 84.5 Å². The average molecular weight is 395 g/mol. The van der Waals surface area contributed by atoms with Gasteiger partial charge in [0.05, 0.1) is 11.7 Å². The van der Waals surface area contributed by atoms with E-state index in [-0.39, 0.29) is 35.7 Å². The molecule has 3 atom stereocenters. The van der Waals surface area contributed by atoms with Crippen LogP contribution in [0, 0.1) is 11.3 Å². The Bertz CT molecular complexity index is 670. The lowest BCUT2D eigenvalue weighted by Crippen LogP contribution is -2.54. The van der Waals surface area contributed by atoms with Crippen LogP contribution in [-0.4, -0.2) is 42.4 Å². The molecule has 2 N–H and O–H groups in total. The number of hydrogen-bond donors (Lipinski definition) is 2. The summed E-state index contributed by atoms with van der Waals surface area (Å²) in [4.78, 5) is 37.6. The number of ether oxygens (including phenoxy) is 1. The maximum Gasteiger partial charge on any atom is 0.252 e. The molecule has 0 spiro atoms. The normalized spacial score (nSPS) is 21.3. The number of hydrogen-bond acceptors (Lipinski definition) is 5. The summed E-state index contributed by atoms with van der Waals surface area (Å²) in [6, 6.07) is 0.357. The zero-order valence-electron chi connectivity index (χ0n) is 16.7. The van der Waals surface area contributed by atoms with Gasteiger partial charge in [0.15, 0.2) is 5.78 Å². The van der Waals surface area contributed by atoms with Gasteiger partial charge in [0.2, 0.25) is 5.91 Å². The van der Waals surface area contributed by atoms with Gasteiger partial charge < -0.3 is 15.4 Å². The first-order valence-corrected chi connectivity index (χ1v) is 10.4. The van der Waals surface area contributed by atoms with Crippen LogP contribution >= 0.6 is 11.3 Å². The van der Waals surface area contributed by atoms with Crippen molar-refractivity contribution in [2.24, 2.45) is 11.3 Å². The molecule has 1 aromatic heterocycles. The SMILES string of the molecule is CCC1OCC(=O)C1NC(=O)C(CC(C)(C)C(C)C)NC(=O)c1ccsc1. The zero-order chi connectivity index (χ0) is 20.2. The van der Waals surface area contributed by atoms with Crippen LogP contribution in [0.2, 0.25) is 0 Å². The Morgan fingerprint density at radius 2 is 2.07 bits per heavy atom. The molecular weight excluding hydrogens is 364 g/mol. The van der Waals surface area contributed by atoms with Gasteiger partial charge in [-0.1, -0.05) is 34.6 Å². The lowest BCUT2D eigenvalue weighted by molar-refractivity contribution is -0.128. The van der Waals surface area contributed by atoms with E-state index in [2.05, 4.69) is 38.3 Å². The van der Waals surface area contributed by atoms with Gasteiger partial charge in [-0.3, -0.25) is 14.4 Å². The summed E-state index contributed by atoms with van der Waals surface area (Å²) in [5, 5.41) is 9.24. The minimum Gasteiger partial charge on any atom is -0.368 e. The molecule has 6 nitrogen and oxygen atoms in total. The van der Waals surface area contributed by atoms with Crippen molar-refractivity contribution in [2.75, 3.05) is 6.61 Å². The second kappa shape index (κ2) is 8.97. The first-order valence-electron chi connectivity index (χ1n) is 9.43. The number of ketones is 1. The third kappa shape index (κ3) is 5.39. The predicted molar refractivity (Wildman–Crippen MR) is 106 cm³/mol. The zero-order valence-corrected chi connectivity index (χ0v) is 17.5. The summed E-state index contributed by atoms with van der Waals surface area (Å²) < 4.78 is 5.44. The first kappa shape index (κ1) is 21.6. The maximum atomic E-state index is 13.0. The van der Waals surface area contributed by atoms with Crippen LogP contribution in [0.25, 0.3) is 0 Å². The summed E-state index contributed by atoms with van der Waals surface area (Å²) in [5.41, 5.74) is 0.372. The fourth-order valence-electron chi connectivity index (χ4n) is 2.97. The highest BCUT2D eigenvalue weighted by atomic mass is 32.1. The van der Waals surface area contributed by atoms with Gasteiger partial charge in [-0.05, 0) is 35.6 Å². The highest BCUT2D eigenvalue weighted by molar-refractivity contribution is 7.08.